The van der Waals surface area contributed by atoms with Crippen molar-refractivity contribution in [2.75, 3.05) is 39.6 Å². The Labute approximate surface area is 243 Å². The van der Waals surface area contributed by atoms with Gasteiger partial charge in [-0.05, 0) is 68.8 Å². The lowest BCUT2D eigenvalue weighted by Gasteiger charge is -2.43. The van der Waals surface area contributed by atoms with Crippen molar-refractivity contribution >= 4 is 23.6 Å². The van der Waals surface area contributed by atoms with Crippen LogP contribution in [0.25, 0.3) is 0 Å². The van der Waals surface area contributed by atoms with E-state index < -0.39 is 29.7 Å². The summed E-state index contributed by atoms with van der Waals surface area (Å²) in [5, 5.41) is 0. The van der Waals surface area contributed by atoms with Crippen molar-refractivity contribution in [3.05, 3.63) is 53.6 Å². The minimum Gasteiger partial charge on any atom is -0.496 e. The zero-order valence-electron chi connectivity index (χ0n) is 23.8. The molecule has 1 unspecified atom stereocenters. The van der Waals surface area contributed by atoms with E-state index in [1.54, 1.807) is 18.2 Å². The van der Waals surface area contributed by atoms with Crippen LogP contribution in [0.5, 0.6) is 11.5 Å². The van der Waals surface area contributed by atoms with Gasteiger partial charge in [-0.15, -0.1) is 11.8 Å². The molecule has 0 bridgehead atoms. The van der Waals surface area contributed by atoms with Crippen LogP contribution in [0.15, 0.2) is 47.4 Å². The van der Waals surface area contributed by atoms with Crippen LogP contribution >= 0.6 is 11.8 Å². The number of alkyl halides is 3. The Bertz CT molecular complexity index is 1230. The number of hydrogen-bond acceptors (Lipinski definition) is 7. The van der Waals surface area contributed by atoms with Crippen molar-refractivity contribution in [1.82, 2.24) is 9.80 Å². The number of nitrogens with zero attached hydrogens (tertiary/aromatic N) is 2. The molecule has 0 aliphatic carbocycles. The molecule has 1 amide bonds. The lowest BCUT2D eigenvalue weighted by Crippen LogP contribution is -2.51. The van der Waals surface area contributed by atoms with Crippen LogP contribution in [0.2, 0.25) is 0 Å². The van der Waals surface area contributed by atoms with Gasteiger partial charge in [0.25, 0.3) is 5.91 Å². The maximum absolute atomic E-state index is 13.7. The van der Waals surface area contributed by atoms with E-state index in [1.807, 2.05) is 30.5 Å². The van der Waals surface area contributed by atoms with E-state index in [0.717, 1.165) is 16.2 Å². The fourth-order valence-corrected chi connectivity index (χ4v) is 5.96. The van der Waals surface area contributed by atoms with Gasteiger partial charge in [0.1, 0.15) is 11.5 Å². The van der Waals surface area contributed by atoms with E-state index in [2.05, 4.69) is 18.7 Å². The molecule has 1 spiro atoms. The molecule has 11 heteroatoms. The summed E-state index contributed by atoms with van der Waals surface area (Å²) in [5.41, 5.74) is 0.465. The van der Waals surface area contributed by atoms with E-state index in [0.29, 0.717) is 57.2 Å². The highest BCUT2D eigenvalue weighted by Crippen LogP contribution is 2.47. The van der Waals surface area contributed by atoms with Crippen molar-refractivity contribution in [3.8, 4) is 11.5 Å². The van der Waals surface area contributed by atoms with Gasteiger partial charge in [-0.2, -0.15) is 13.2 Å². The van der Waals surface area contributed by atoms with Gasteiger partial charge in [-0.3, -0.25) is 9.69 Å². The number of para-hydroxylation sites is 1. The Morgan fingerprint density at radius 2 is 1.73 bits per heavy atom. The van der Waals surface area contributed by atoms with Gasteiger partial charge >= 0.3 is 12.1 Å². The number of rotatable bonds is 9. The number of piperidine rings is 1. The zero-order valence-corrected chi connectivity index (χ0v) is 24.6. The van der Waals surface area contributed by atoms with Gasteiger partial charge in [0.2, 0.25) is 0 Å². The summed E-state index contributed by atoms with van der Waals surface area (Å²) in [5.74, 6) is -1.30. The molecular formula is C30H37F3N2O5S. The standard InChI is InChI=1S/C30H37F3N2O5S/c1-20(2)19-39-24-8-6-5-7-21(24)18-34-14-11-29(12-15-34)13-16-35(27(29)40-28(37)30(31,32)33)26(36)23-10-9-22(41-4)17-25(23)38-3/h5-10,17,20,27H,11-16,18-19H2,1-4H3. The minimum atomic E-state index is -5.17. The summed E-state index contributed by atoms with van der Waals surface area (Å²) in [6.45, 7) is 6.71. The predicted molar refractivity (Wildman–Crippen MR) is 150 cm³/mol. The molecule has 41 heavy (non-hydrogen) atoms. The third-order valence-corrected chi connectivity index (χ3v) is 8.52. The molecule has 0 N–H and O–H groups in total. The fourth-order valence-electron chi connectivity index (χ4n) is 5.54. The maximum atomic E-state index is 13.7. The molecule has 2 fully saturated rings. The average molecular weight is 595 g/mol. The second-order valence-corrected chi connectivity index (χ2v) is 11.9. The van der Waals surface area contributed by atoms with Gasteiger partial charge < -0.3 is 19.1 Å². The first-order valence-corrected chi connectivity index (χ1v) is 14.9. The van der Waals surface area contributed by atoms with Gasteiger partial charge in [0.05, 0.1) is 19.3 Å². The number of carbonyl (C=O) groups is 2. The normalized spacial score (nSPS) is 19.0. The molecule has 7 nitrogen and oxygen atoms in total. The van der Waals surface area contributed by atoms with Crippen LogP contribution in [-0.2, 0) is 16.1 Å². The van der Waals surface area contributed by atoms with Crippen molar-refractivity contribution in [2.45, 2.75) is 57.0 Å². The van der Waals surface area contributed by atoms with Gasteiger partial charge in [-0.25, -0.2) is 4.79 Å². The first-order chi connectivity index (χ1) is 19.5. The van der Waals surface area contributed by atoms with Crippen LogP contribution in [0.4, 0.5) is 13.2 Å². The molecule has 4 rings (SSSR count). The fraction of sp³-hybridized carbons (Fsp3) is 0.533. The Kier molecular flexibility index (Phi) is 9.79. The number of amides is 1. The third-order valence-electron chi connectivity index (χ3n) is 7.80. The topological polar surface area (TPSA) is 68.3 Å². The largest absolute Gasteiger partial charge is 0.496 e. The molecule has 0 aromatic heterocycles. The summed E-state index contributed by atoms with van der Waals surface area (Å²) in [4.78, 5) is 30.1. The van der Waals surface area contributed by atoms with Crippen molar-refractivity contribution in [2.24, 2.45) is 11.3 Å². The SMILES string of the molecule is COc1cc(SC)ccc1C(=O)N1CCC2(CCN(Cc3ccccc3OCC(C)C)CC2)C1OC(=O)C(F)(F)F. The first-order valence-electron chi connectivity index (χ1n) is 13.7. The Morgan fingerprint density at radius 3 is 2.37 bits per heavy atom. The quantitative estimate of drug-likeness (QED) is 0.260. The molecule has 2 aliphatic rings. The Hall–Kier alpha value is -2.92. The smallest absolute Gasteiger partial charge is 0.491 e. The summed E-state index contributed by atoms with van der Waals surface area (Å²) in [6.07, 6.45) is -3.23. The van der Waals surface area contributed by atoms with E-state index >= 15 is 0 Å². The van der Waals surface area contributed by atoms with Crippen LogP contribution in [0, 0.1) is 11.3 Å². The van der Waals surface area contributed by atoms with Crippen LogP contribution in [0.3, 0.4) is 0 Å². The molecule has 2 aromatic rings. The molecule has 2 aliphatic heterocycles. The molecule has 2 saturated heterocycles. The molecule has 224 valence electrons. The average Bonchev–Trinajstić information content (AvgIpc) is 3.29. The Balaban J connectivity index is 1.54. The molecule has 0 radical (unpaired) electrons. The van der Waals surface area contributed by atoms with Gasteiger partial charge in [0, 0.05) is 29.0 Å². The summed E-state index contributed by atoms with van der Waals surface area (Å²) < 4.78 is 56.6. The highest BCUT2D eigenvalue weighted by Gasteiger charge is 2.55. The number of ether oxygens (including phenoxy) is 3. The van der Waals surface area contributed by atoms with Crippen LogP contribution in [-0.4, -0.2) is 73.7 Å². The number of esters is 1. The number of benzene rings is 2. The number of halogens is 3. The predicted octanol–water partition coefficient (Wildman–Crippen LogP) is 6.01. The molecule has 2 aromatic carbocycles. The number of hydrogen-bond donors (Lipinski definition) is 0. The lowest BCUT2D eigenvalue weighted by molar-refractivity contribution is -0.217. The highest BCUT2D eigenvalue weighted by molar-refractivity contribution is 7.98. The molecule has 1 atom stereocenters. The number of thioether (sulfide) groups is 1. The second-order valence-electron chi connectivity index (χ2n) is 11.0. The number of methoxy groups -OCH3 is 1. The molecule has 2 heterocycles. The van der Waals surface area contributed by atoms with Crippen LogP contribution < -0.4 is 9.47 Å². The van der Waals surface area contributed by atoms with Crippen molar-refractivity contribution in [1.29, 1.82) is 0 Å². The van der Waals surface area contributed by atoms with Crippen LogP contribution in [0.1, 0.15) is 49.0 Å². The summed E-state index contributed by atoms with van der Waals surface area (Å²) >= 11 is 1.47. The zero-order chi connectivity index (χ0) is 29.8. The van der Waals surface area contributed by atoms with E-state index in [4.69, 9.17) is 14.2 Å². The van der Waals surface area contributed by atoms with Crippen molar-refractivity contribution < 1.29 is 37.0 Å². The third kappa shape index (κ3) is 7.12. The number of likely N-dealkylation sites (tertiary alicyclic amines) is 2. The van der Waals surface area contributed by atoms with E-state index in [1.165, 1.54) is 23.8 Å². The van der Waals surface area contributed by atoms with Gasteiger partial charge in [-0.1, -0.05) is 32.0 Å². The highest BCUT2D eigenvalue weighted by atomic mass is 32.2. The minimum absolute atomic E-state index is 0.175. The summed E-state index contributed by atoms with van der Waals surface area (Å²) in [7, 11) is 1.44. The number of carbonyl (C=O) groups excluding carboxylic acids is 2. The van der Waals surface area contributed by atoms with E-state index in [-0.39, 0.29) is 12.1 Å². The second kappa shape index (κ2) is 12.9. The molecule has 0 saturated carbocycles. The van der Waals surface area contributed by atoms with E-state index in [9.17, 15) is 22.8 Å². The first kappa shape index (κ1) is 31.0. The monoisotopic (exact) mass is 594 g/mol. The summed E-state index contributed by atoms with van der Waals surface area (Å²) in [6, 6.07) is 12.9. The van der Waals surface area contributed by atoms with Crippen molar-refractivity contribution in [3.63, 3.8) is 0 Å². The van der Waals surface area contributed by atoms with Gasteiger partial charge in [0.15, 0.2) is 6.23 Å². The lowest BCUT2D eigenvalue weighted by atomic mass is 9.76. The maximum Gasteiger partial charge on any atom is 0.491 e. The Morgan fingerprint density at radius 1 is 1.05 bits per heavy atom. The molecular weight excluding hydrogens is 557 g/mol.